The van der Waals surface area contributed by atoms with Gasteiger partial charge >= 0.3 is 0 Å². The van der Waals surface area contributed by atoms with Crippen molar-refractivity contribution < 1.29 is 0 Å². The first-order valence-corrected chi connectivity index (χ1v) is 9.61. The zero-order valence-electron chi connectivity index (χ0n) is 15.3. The number of para-hydroxylation sites is 3. The summed E-state index contributed by atoms with van der Waals surface area (Å²) in [6, 6.07) is 16.8. The molecule has 4 heteroatoms. The first kappa shape index (κ1) is 16.7. The van der Waals surface area contributed by atoms with Crippen LogP contribution < -0.4 is 5.32 Å². The summed E-state index contributed by atoms with van der Waals surface area (Å²) in [6.45, 7) is 4.03. The van der Waals surface area contributed by atoms with Crippen molar-refractivity contribution in [1.29, 1.82) is 0 Å². The van der Waals surface area contributed by atoms with Gasteiger partial charge in [-0.3, -0.25) is 0 Å². The third kappa shape index (κ3) is 3.32. The number of fused-ring (bicyclic) bond motifs is 2. The fourth-order valence-corrected chi connectivity index (χ4v) is 3.59. The largest absolute Gasteiger partial charge is 0.361 e. The molecule has 4 aromatic rings. The van der Waals surface area contributed by atoms with Gasteiger partial charge in [0.05, 0.1) is 11.0 Å². The molecular formula is C22H26N4. The lowest BCUT2D eigenvalue weighted by Crippen LogP contribution is -2.08. The summed E-state index contributed by atoms with van der Waals surface area (Å²) >= 11 is 0. The molecule has 0 aliphatic heterocycles. The number of nitrogens with zero attached hydrogens (tertiary/aromatic N) is 2. The molecule has 0 spiro atoms. The standard InChI is InChI=1S/C22H26N4/c1-2-3-4-9-14-26-21-13-8-7-12-20(21)25-22(26)24-16-17-15-23-19-11-6-5-10-18(17)19/h5-8,10-13,15,23H,2-4,9,14,16H2,1H3,(H,24,25). The van der Waals surface area contributed by atoms with E-state index in [1.807, 2.05) is 0 Å². The highest BCUT2D eigenvalue weighted by Gasteiger charge is 2.11. The molecule has 2 aromatic carbocycles. The number of rotatable bonds is 8. The molecule has 2 heterocycles. The van der Waals surface area contributed by atoms with Crippen molar-refractivity contribution in [3.8, 4) is 0 Å². The van der Waals surface area contributed by atoms with Gasteiger partial charge in [-0.2, -0.15) is 0 Å². The Balaban J connectivity index is 1.56. The zero-order chi connectivity index (χ0) is 17.8. The Morgan fingerprint density at radius 3 is 2.77 bits per heavy atom. The molecule has 0 bridgehead atoms. The van der Waals surface area contributed by atoms with Gasteiger partial charge < -0.3 is 14.9 Å². The van der Waals surface area contributed by atoms with E-state index in [2.05, 4.69) is 76.5 Å². The maximum absolute atomic E-state index is 4.83. The summed E-state index contributed by atoms with van der Waals surface area (Å²) in [4.78, 5) is 8.18. The number of anilines is 1. The van der Waals surface area contributed by atoms with E-state index < -0.39 is 0 Å². The summed E-state index contributed by atoms with van der Waals surface area (Å²) in [7, 11) is 0. The SMILES string of the molecule is CCCCCCn1c(NCc2c[nH]c3ccccc23)nc2ccccc21. The molecule has 0 unspecified atom stereocenters. The van der Waals surface area contributed by atoms with Crippen LogP contribution in [0.2, 0.25) is 0 Å². The second-order valence-corrected chi connectivity index (χ2v) is 6.85. The third-order valence-electron chi connectivity index (χ3n) is 5.00. The highest BCUT2D eigenvalue weighted by atomic mass is 15.2. The topological polar surface area (TPSA) is 45.6 Å². The Hall–Kier alpha value is -2.75. The molecule has 0 atom stereocenters. The average Bonchev–Trinajstić information content (AvgIpc) is 3.25. The molecule has 0 fully saturated rings. The second kappa shape index (κ2) is 7.65. The Morgan fingerprint density at radius 1 is 1.00 bits per heavy atom. The molecule has 4 rings (SSSR count). The van der Waals surface area contributed by atoms with Crippen molar-refractivity contribution in [1.82, 2.24) is 14.5 Å². The fraction of sp³-hybridized carbons (Fsp3) is 0.318. The summed E-state index contributed by atoms with van der Waals surface area (Å²) in [5.41, 5.74) is 4.72. The summed E-state index contributed by atoms with van der Waals surface area (Å²) in [5, 5.41) is 4.84. The van der Waals surface area contributed by atoms with E-state index >= 15 is 0 Å². The molecule has 0 radical (unpaired) electrons. The van der Waals surface area contributed by atoms with Gasteiger partial charge in [0.15, 0.2) is 0 Å². The summed E-state index contributed by atoms with van der Waals surface area (Å²) < 4.78 is 2.33. The van der Waals surface area contributed by atoms with Crippen molar-refractivity contribution in [3.05, 3.63) is 60.3 Å². The van der Waals surface area contributed by atoms with Crippen LogP contribution in [-0.4, -0.2) is 14.5 Å². The Morgan fingerprint density at radius 2 is 1.85 bits per heavy atom. The average molecular weight is 346 g/mol. The lowest BCUT2D eigenvalue weighted by atomic mass is 10.2. The number of unbranched alkanes of at least 4 members (excludes halogenated alkanes) is 3. The Labute approximate surface area is 154 Å². The first-order valence-electron chi connectivity index (χ1n) is 9.61. The van der Waals surface area contributed by atoms with Crippen LogP contribution in [0, 0.1) is 0 Å². The van der Waals surface area contributed by atoms with Crippen molar-refractivity contribution >= 4 is 27.9 Å². The molecule has 0 aliphatic rings. The van der Waals surface area contributed by atoms with E-state index in [0.29, 0.717) is 0 Å². The van der Waals surface area contributed by atoms with Crippen LogP contribution in [0.25, 0.3) is 21.9 Å². The van der Waals surface area contributed by atoms with Gasteiger partial charge in [0.25, 0.3) is 0 Å². The van der Waals surface area contributed by atoms with Gasteiger partial charge in [-0.15, -0.1) is 0 Å². The molecule has 2 N–H and O–H groups in total. The van der Waals surface area contributed by atoms with Crippen LogP contribution in [0.15, 0.2) is 54.7 Å². The number of imidazole rings is 1. The van der Waals surface area contributed by atoms with Crippen LogP contribution in [0.5, 0.6) is 0 Å². The minimum absolute atomic E-state index is 0.766. The smallest absolute Gasteiger partial charge is 0.204 e. The maximum atomic E-state index is 4.83. The van der Waals surface area contributed by atoms with Crippen LogP contribution in [0.4, 0.5) is 5.95 Å². The minimum atomic E-state index is 0.766. The molecule has 0 saturated heterocycles. The number of aryl methyl sites for hydroxylation is 1. The van der Waals surface area contributed by atoms with Crippen LogP contribution in [-0.2, 0) is 13.1 Å². The molecule has 2 aromatic heterocycles. The Kier molecular flexibility index (Phi) is 4.91. The summed E-state index contributed by atoms with van der Waals surface area (Å²) in [5.74, 6) is 0.966. The van der Waals surface area contributed by atoms with Crippen LogP contribution >= 0.6 is 0 Å². The molecule has 0 aliphatic carbocycles. The van der Waals surface area contributed by atoms with Gasteiger partial charge in [0.1, 0.15) is 0 Å². The van der Waals surface area contributed by atoms with E-state index in [1.165, 1.54) is 47.7 Å². The molecule has 134 valence electrons. The predicted molar refractivity (Wildman–Crippen MR) is 110 cm³/mol. The molecule has 26 heavy (non-hydrogen) atoms. The van der Waals surface area contributed by atoms with Crippen LogP contribution in [0.3, 0.4) is 0 Å². The van der Waals surface area contributed by atoms with Gasteiger partial charge in [0, 0.05) is 30.2 Å². The number of benzene rings is 2. The quantitative estimate of drug-likeness (QED) is 0.401. The monoisotopic (exact) mass is 346 g/mol. The lowest BCUT2D eigenvalue weighted by molar-refractivity contribution is 0.593. The maximum Gasteiger partial charge on any atom is 0.204 e. The van der Waals surface area contributed by atoms with Gasteiger partial charge in [-0.1, -0.05) is 56.5 Å². The second-order valence-electron chi connectivity index (χ2n) is 6.85. The number of aromatic nitrogens is 3. The van der Waals surface area contributed by atoms with E-state index in [9.17, 15) is 0 Å². The summed E-state index contributed by atoms with van der Waals surface area (Å²) in [6.07, 6.45) is 7.11. The van der Waals surface area contributed by atoms with Crippen molar-refractivity contribution in [2.75, 3.05) is 5.32 Å². The molecule has 0 saturated carbocycles. The lowest BCUT2D eigenvalue weighted by Gasteiger charge is -2.10. The minimum Gasteiger partial charge on any atom is -0.361 e. The van der Waals surface area contributed by atoms with Crippen molar-refractivity contribution in [3.63, 3.8) is 0 Å². The zero-order valence-corrected chi connectivity index (χ0v) is 15.3. The van der Waals surface area contributed by atoms with Crippen molar-refractivity contribution in [2.45, 2.75) is 45.7 Å². The molecular weight excluding hydrogens is 320 g/mol. The van der Waals surface area contributed by atoms with E-state index in [0.717, 1.165) is 24.6 Å². The highest BCUT2D eigenvalue weighted by molar-refractivity contribution is 5.83. The predicted octanol–water partition coefficient (Wildman–Crippen LogP) is 5.71. The van der Waals surface area contributed by atoms with E-state index in [1.54, 1.807) is 0 Å². The number of hydrogen-bond acceptors (Lipinski definition) is 2. The van der Waals surface area contributed by atoms with Gasteiger partial charge in [-0.05, 0) is 30.2 Å². The normalized spacial score (nSPS) is 11.4. The Bertz CT molecular complexity index is 996. The fourth-order valence-electron chi connectivity index (χ4n) is 3.59. The number of nitrogens with one attached hydrogen (secondary N) is 2. The van der Waals surface area contributed by atoms with E-state index in [-0.39, 0.29) is 0 Å². The number of hydrogen-bond donors (Lipinski definition) is 2. The van der Waals surface area contributed by atoms with E-state index in [4.69, 9.17) is 4.98 Å². The first-order chi connectivity index (χ1) is 12.9. The number of aromatic amines is 1. The highest BCUT2D eigenvalue weighted by Crippen LogP contribution is 2.23. The van der Waals surface area contributed by atoms with Gasteiger partial charge in [0.2, 0.25) is 5.95 Å². The van der Waals surface area contributed by atoms with Crippen LogP contribution in [0.1, 0.15) is 38.2 Å². The van der Waals surface area contributed by atoms with Crippen molar-refractivity contribution in [2.24, 2.45) is 0 Å². The molecule has 0 amide bonds. The molecule has 4 nitrogen and oxygen atoms in total. The van der Waals surface area contributed by atoms with Gasteiger partial charge in [-0.25, -0.2) is 4.98 Å². The third-order valence-corrected chi connectivity index (χ3v) is 5.00. The number of H-pyrrole nitrogens is 1.